The van der Waals surface area contributed by atoms with Gasteiger partial charge in [-0.05, 0) is 49.6 Å². The van der Waals surface area contributed by atoms with Crippen molar-refractivity contribution in [2.24, 2.45) is 0 Å². The zero-order chi connectivity index (χ0) is 22.2. The normalized spacial score (nSPS) is 15.7. The van der Waals surface area contributed by atoms with Gasteiger partial charge in [-0.15, -0.1) is 0 Å². The van der Waals surface area contributed by atoms with Crippen molar-refractivity contribution < 1.29 is 14.3 Å². The second-order valence-corrected chi connectivity index (χ2v) is 8.20. The fourth-order valence-electron chi connectivity index (χ4n) is 4.42. The van der Waals surface area contributed by atoms with Crippen LogP contribution >= 0.6 is 0 Å². The second-order valence-electron chi connectivity index (χ2n) is 8.20. The number of hydrogen-bond donors (Lipinski definition) is 0. The number of ether oxygens (including phenoxy) is 1. The number of hydrogen-bond acceptors (Lipinski definition) is 4. The van der Waals surface area contributed by atoms with E-state index in [4.69, 9.17) is 4.74 Å². The minimum absolute atomic E-state index is 0.0876. The molecule has 0 saturated heterocycles. The molecule has 2 amide bonds. The molecule has 5 nitrogen and oxygen atoms in total. The molecule has 0 aliphatic carbocycles. The van der Waals surface area contributed by atoms with E-state index in [2.05, 4.69) is 6.07 Å². The van der Waals surface area contributed by atoms with Crippen molar-refractivity contribution >= 4 is 28.8 Å². The molecule has 3 aromatic carbocycles. The van der Waals surface area contributed by atoms with Crippen LogP contribution in [-0.4, -0.2) is 24.5 Å². The number of amides is 2. The molecule has 2 heterocycles. The fraction of sp³-hybridized carbons (Fsp3) is 0.185. The Bertz CT molecular complexity index is 1230. The van der Waals surface area contributed by atoms with E-state index >= 15 is 0 Å². The average Bonchev–Trinajstić information content (AvgIpc) is 3.32. The van der Waals surface area contributed by atoms with Crippen molar-refractivity contribution in [1.82, 2.24) is 0 Å². The zero-order valence-corrected chi connectivity index (χ0v) is 18.1. The maximum Gasteiger partial charge on any atom is 0.282 e. The molecule has 5 rings (SSSR count). The number of carbonyl (C=O) groups is 2. The first-order chi connectivity index (χ1) is 15.6. The number of anilines is 2. The summed E-state index contributed by atoms with van der Waals surface area (Å²) in [5.41, 5.74) is 4.19. The van der Waals surface area contributed by atoms with Crippen LogP contribution in [0.1, 0.15) is 25.0 Å². The van der Waals surface area contributed by atoms with Gasteiger partial charge >= 0.3 is 0 Å². The van der Waals surface area contributed by atoms with Crippen molar-refractivity contribution in [2.45, 2.75) is 26.4 Å². The van der Waals surface area contributed by atoms with Crippen LogP contribution in [0, 0.1) is 0 Å². The molecule has 0 bridgehead atoms. The average molecular weight is 425 g/mol. The number of rotatable bonds is 5. The lowest BCUT2D eigenvalue weighted by Crippen LogP contribution is -2.35. The van der Waals surface area contributed by atoms with E-state index in [1.807, 2.05) is 79.4 Å². The minimum Gasteiger partial charge on any atom is -0.489 e. The molecule has 5 heteroatoms. The van der Waals surface area contributed by atoms with Gasteiger partial charge < -0.3 is 9.64 Å². The molecule has 0 spiro atoms. The van der Waals surface area contributed by atoms with E-state index in [-0.39, 0.29) is 17.9 Å². The Morgan fingerprint density at radius 2 is 1.44 bits per heavy atom. The highest BCUT2D eigenvalue weighted by molar-refractivity contribution is 6.46. The molecule has 0 atom stereocenters. The predicted octanol–water partition coefficient (Wildman–Crippen LogP) is 4.82. The van der Waals surface area contributed by atoms with Gasteiger partial charge in [0.2, 0.25) is 0 Å². The Labute approximate surface area is 187 Å². The monoisotopic (exact) mass is 424 g/mol. The summed E-state index contributed by atoms with van der Waals surface area (Å²) in [6.45, 7) is 4.50. The van der Waals surface area contributed by atoms with E-state index in [0.29, 0.717) is 29.3 Å². The summed E-state index contributed by atoms with van der Waals surface area (Å²) in [6.07, 6.45) is 0.742. The van der Waals surface area contributed by atoms with Gasteiger partial charge in [0.25, 0.3) is 11.8 Å². The predicted molar refractivity (Wildman–Crippen MR) is 126 cm³/mol. The molecular weight excluding hydrogens is 400 g/mol. The third kappa shape index (κ3) is 3.26. The number of carbonyl (C=O) groups excluding carboxylic acids is 2. The molecule has 160 valence electrons. The Morgan fingerprint density at radius 3 is 2.19 bits per heavy atom. The van der Waals surface area contributed by atoms with E-state index in [9.17, 15) is 9.59 Å². The third-order valence-electron chi connectivity index (χ3n) is 5.75. The van der Waals surface area contributed by atoms with Crippen LogP contribution in [0.4, 0.5) is 11.4 Å². The standard InChI is InChI=1S/C27H24N2O3/c1-18(2)32-23-15-9-8-14-22(23)29-26(30)24(20-11-4-3-5-12-20)25(27(29)31)28-17-16-19-10-6-7-13-21(19)28/h3-15,18H,16-17H2,1-2H3. The van der Waals surface area contributed by atoms with Gasteiger partial charge in [-0.1, -0.05) is 60.7 Å². The molecule has 0 N–H and O–H groups in total. The Hall–Kier alpha value is -3.86. The van der Waals surface area contributed by atoms with Gasteiger partial charge in [-0.2, -0.15) is 0 Å². The van der Waals surface area contributed by atoms with Crippen LogP contribution in [0.25, 0.3) is 5.57 Å². The summed E-state index contributed by atoms with van der Waals surface area (Å²) in [7, 11) is 0. The van der Waals surface area contributed by atoms with E-state index in [1.165, 1.54) is 10.5 Å². The SMILES string of the molecule is CC(C)Oc1ccccc1N1C(=O)C(c2ccccc2)=C(N2CCc3ccccc32)C1=O. The lowest BCUT2D eigenvalue weighted by molar-refractivity contribution is -0.120. The highest BCUT2D eigenvalue weighted by Gasteiger charge is 2.44. The van der Waals surface area contributed by atoms with Gasteiger partial charge in [0.15, 0.2) is 0 Å². The maximum atomic E-state index is 13.9. The van der Waals surface area contributed by atoms with Gasteiger partial charge in [0.05, 0.1) is 17.4 Å². The van der Waals surface area contributed by atoms with Crippen LogP contribution in [0.15, 0.2) is 84.6 Å². The van der Waals surface area contributed by atoms with Crippen molar-refractivity contribution in [3.63, 3.8) is 0 Å². The molecule has 0 fully saturated rings. The van der Waals surface area contributed by atoms with Crippen LogP contribution in [0.3, 0.4) is 0 Å². The molecule has 0 aromatic heterocycles. The number of para-hydroxylation sites is 3. The molecule has 0 unspecified atom stereocenters. The highest BCUT2D eigenvalue weighted by Crippen LogP contribution is 2.42. The van der Waals surface area contributed by atoms with Gasteiger partial charge in [-0.3, -0.25) is 9.59 Å². The molecule has 2 aliphatic rings. The van der Waals surface area contributed by atoms with Crippen LogP contribution in [0.5, 0.6) is 5.75 Å². The first kappa shape index (κ1) is 20.1. The van der Waals surface area contributed by atoms with Crippen molar-refractivity contribution in [3.05, 3.63) is 95.7 Å². The summed E-state index contributed by atoms with van der Waals surface area (Å²) in [5.74, 6) is -0.148. The Balaban J connectivity index is 1.67. The fourth-order valence-corrected chi connectivity index (χ4v) is 4.42. The first-order valence-corrected chi connectivity index (χ1v) is 10.9. The largest absolute Gasteiger partial charge is 0.489 e. The van der Waals surface area contributed by atoms with Crippen LogP contribution in [-0.2, 0) is 16.0 Å². The Kier molecular flexibility index (Phi) is 5.02. The molecule has 3 aromatic rings. The quantitative estimate of drug-likeness (QED) is 0.551. The summed E-state index contributed by atoms with van der Waals surface area (Å²) in [4.78, 5) is 30.9. The van der Waals surface area contributed by atoms with Gasteiger partial charge in [0.1, 0.15) is 11.4 Å². The van der Waals surface area contributed by atoms with Crippen molar-refractivity contribution in [2.75, 3.05) is 16.3 Å². The molecule has 0 saturated carbocycles. The molecular formula is C27H24N2O3. The van der Waals surface area contributed by atoms with Crippen LogP contribution < -0.4 is 14.5 Å². The molecule has 32 heavy (non-hydrogen) atoms. The second kappa shape index (κ2) is 8.00. The summed E-state index contributed by atoms with van der Waals surface area (Å²) in [6, 6.07) is 24.7. The summed E-state index contributed by atoms with van der Waals surface area (Å²) < 4.78 is 5.93. The Morgan fingerprint density at radius 1 is 0.781 bits per heavy atom. The number of fused-ring (bicyclic) bond motifs is 1. The first-order valence-electron chi connectivity index (χ1n) is 10.9. The van der Waals surface area contributed by atoms with Gasteiger partial charge in [0, 0.05) is 12.2 Å². The third-order valence-corrected chi connectivity index (χ3v) is 5.75. The van der Waals surface area contributed by atoms with E-state index in [1.54, 1.807) is 12.1 Å². The number of benzene rings is 3. The minimum atomic E-state index is -0.333. The number of imide groups is 1. The molecule has 0 radical (unpaired) electrons. The highest BCUT2D eigenvalue weighted by atomic mass is 16.5. The molecule has 2 aliphatic heterocycles. The zero-order valence-electron chi connectivity index (χ0n) is 18.1. The lowest BCUT2D eigenvalue weighted by Gasteiger charge is -2.23. The van der Waals surface area contributed by atoms with E-state index in [0.717, 1.165) is 17.7 Å². The van der Waals surface area contributed by atoms with Gasteiger partial charge in [-0.25, -0.2) is 4.90 Å². The van der Waals surface area contributed by atoms with Crippen molar-refractivity contribution in [1.29, 1.82) is 0 Å². The summed E-state index contributed by atoms with van der Waals surface area (Å²) in [5, 5.41) is 0. The smallest absolute Gasteiger partial charge is 0.282 e. The number of nitrogens with zero attached hydrogens (tertiary/aromatic N) is 2. The summed E-state index contributed by atoms with van der Waals surface area (Å²) >= 11 is 0. The van der Waals surface area contributed by atoms with Crippen molar-refractivity contribution in [3.8, 4) is 5.75 Å². The maximum absolute atomic E-state index is 13.9. The van der Waals surface area contributed by atoms with Crippen LogP contribution in [0.2, 0.25) is 0 Å². The van der Waals surface area contributed by atoms with E-state index < -0.39 is 0 Å². The topological polar surface area (TPSA) is 49.9 Å². The lowest BCUT2D eigenvalue weighted by atomic mass is 10.0.